The fourth-order valence-corrected chi connectivity index (χ4v) is 5.12. The standard InChI is InChI=1S/C14H22O2/c1-2-13-6-10-4-3-5-14(9-13,12(15)16)8-11(10)7-13/h10-11H,2-9H2,1H3,(H,15,16). The molecule has 3 aliphatic rings. The van der Waals surface area contributed by atoms with Crippen LogP contribution in [0.25, 0.3) is 0 Å². The minimum Gasteiger partial charge on any atom is -0.481 e. The zero-order chi connectivity index (χ0) is 11.4. The molecular weight excluding hydrogens is 200 g/mol. The maximum atomic E-state index is 11.7. The normalized spacial score (nSPS) is 50.3. The van der Waals surface area contributed by atoms with Crippen molar-refractivity contribution in [3.63, 3.8) is 0 Å². The van der Waals surface area contributed by atoms with Gasteiger partial charge in [0.25, 0.3) is 0 Å². The molecule has 0 aliphatic heterocycles. The monoisotopic (exact) mass is 222 g/mol. The van der Waals surface area contributed by atoms with Crippen molar-refractivity contribution in [2.45, 2.75) is 58.3 Å². The lowest BCUT2D eigenvalue weighted by Gasteiger charge is -2.43. The minimum absolute atomic E-state index is 0.343. The van der Waals surface area contributed by atoms with Gasteiger partial charge in [0, 0.05) is 0 Å². The summed E-state index contributed by atoms with van der Waals surface area (Å²) >= 11 is 0. The van der Waals surface area contributed by atoms with E-state index in [1.54, 1.807) is 0 Å². The molecule has 16 heavy (non-hydrogen) atoms. The Kier molecular flexibility index (Phi) is 2.15. The van der Waals surface area contributed by atoms with Gasteiger partial charge in [-0.1, -0.05) is 26.2 Å². The summed E-state index contributed by atoms with van der Waals surface area (Å²) in [5, 5.41) is 9.61. The molecule has 3 fully saturated rings. The second-order valence-electron chi connectivity index (χ2n) is 6.64. The highest BCUT2D eigenvalue weighted by Gasteiger charge is 2.58. The zero-order valence-electron chi connectivity index (χ0n) is 10.2. The predicted octanol–water partition coefficient (Wildman–Crippen LogP) is 3.46. The van der Waals surface area contributed by atoms with Crippen molar-refractivity contribution in [3.8, 4) is 0 Å². The van der Waals surface area contributed by atoms with Crippen LogP contribution in [-0.4, -0.2) is 11.1 Å². The molecule has 3 aliphatic carbocycles. The minimum atomic E-state index is -0.502. The van der Waals surface area contributed by atoms with Crippen LogP contribution in [0.15, 0.2) is 0 Å². The van der Waals surface area contributed by atoms with Crippen molar-refractivity contribution in [1.29, 1.82) is 0 Å². The van der Waals surface area contributed by atoms with Crippen LogP contribution in [0.4, 0.5) is 0 Å². The van der Waals surface area contributed by atoms with Crippen LogP contribution in [0, 0.1) is 22.7 Å². The molecule has 0 aromatic rings. The van der Waals surface area contributed by atoms with Gasteiger partial charge in [-0.25, -0.2) is 0 Å². The molecule has 0 aromatic heterocycles. The number of hydrogen-bond acceptors (Lipinski definition) is 1. The Labute approximate surface area is 97.4 Å². The van der Waals surface area contributed by atoms with Crippen LogP contribution < -0.4 is 0 Å². The maximum Gasteiger partial charge on any atom is 0.309 e. The third kappa shape index (κ3) is 1.28. The Hall–Kier alpha value is -0.530. The Morgan fingerprint density at radius 2 is 2.06 bits per heavy atom. The Morgan fingerprint density at radius 1 is 1.31 bits per heavy atom. The summed E-state index contributed by atoms with van der Waals surface area (Å²) in [5.41, 5.74) is 0.0522. The lowest BCUT2D eigenvalue weighted by Crippen LogP contribution is -2.41. The quantitative estimate of drug-likeness (QED) is 0.777. The molecule has 1 N–H and O–H groups in total. The molecule has 0 amide bonds. The molecule has 0 saturated heterocycles. The van der Waals surface area contributed by atoms with Gasteiger partial charge in [-0.3, -0.25) is 4.79 Å². The SMILES string of the molecule is CCC12CC3CCCC(C(=O)O)(CC3C1)C2. The van der Waals surface area contributed by atoms with Crippen molar-refractivity contribution in [2.24, 2.45) is 22.7 Å². The topological polar surface area (TPSA) is 37.3 Å². The highest BCUT2D eigenvalue weighted by Crippen LogP contribution is 2.65. The number of carboxylic acids is 1. The summed E-state index contributed by atoms with van der Waals surface area (Å²) in [5.74, 6) is 1.08. The predicted molar refractivity (Wildman–Crippen MR) is 62.1 cm³/mol. The summed E-state index contributed by atoms with van der Waals surface area (Å²) in [6, 6.07) is 0. The van der Waals surface area contributed by atoms with Gasteiger partial charge in [0.15, 0.2) is 0 Å². The van der Waals surface area contributed by atoms with Gasteiger partial charge in [-0.2, -0.15) is 0 Å². The summed E-state index contributed by atoms with van der Waals surface area (Å²) in [7, 11) is 0. The number of rotatable bonds is 2. The van der Waals surface area contributed by atoms with Crippen LogP contribution in [0.1, 0.15) is 58.3 Å². The lowest BCUT2D eigenvalue weighted by molar-refractivity contribution is -0.155. The van der Waals surface area contributed by atoms with Crippen molar-refractivity contribution >= 4 is 5.97 Å². The van der Waals surface area contributed by atoms with Crippen LogP contribution in [0.5, 0.6) is 0 Å². The molecule has 2 heteroatoms. The van der Waals surface area contributed by atoms with Gasteiger partial charge >= 0.3 is 5.97 Å². The van der Waals surface area contributed by atoms with Gasteiger partial charge in [0.1, 0.15) is 0 Å². The summed E-state index contributed by atoms with van der Waals surface area (Å²) < 4.78 is 0. The van der Waals surface area contributed by atoms with Gasteiger partial charge < -0.3 is 5.11 Å². The number of fused-ring (bicyclic) bond motifs is 2. The molecule has 90 valence electrons. The molecule has 0 heterocycles. The first-order valence-electron chi connectivity index (χ1n) is 6.83. The van der Waals surface area contributed by atoms with Gasteiger partial charge in [0.2, 0.25) is 0 Å². The van der Waals surface area contributed by atoms with Crippen LogP contribution >= 0.6 is 0 Å². The Balaban J connectivity index is 2.00. The van der Waals surface area contributed by atoms with E-state index < -0.39 is 5.97 Å². The average Bonchev–Trinajstić information content (AvgIpc) is 2.42. The van der Waals surface area contributed by atoms with Gasteiger partial charge in [0.05, 0.1) is 5.41 Å². The van der Waals surface area contributed by atoms with Gasteiger partial charge in [-0.05, 0) is 49.4 Å². The molecule has 3 bridgehead atoms. The van der Waals surface area contributed by atoms with E-state index in [4.69, 9.17) is 0 Å². The molecule has 0 spiro atoms. The number of carboxylic acid groups (broad SMARTS) is 1. The highest BCUT2D eigenvalue weighted by atomic mass is 16.4. The molecule has 2 nitrogen and oxygen atoms in total. The third-order valence-corrected chi connectivity index (χ3v) is 5.86. The van der Waals surface area contributed by atoms with E-state index in [2.05, 4.69) is 6.92 Å². The van der Waals surface area contributed by atoms with Crippen molar-refractivity contribution in [2.75, 3.05) is 0 Å². The second kappa shape index (κ2) is 3.24. The first-order valence-corrected chi connectivity index (χ1v) is 6.83. The summed E-state index contributed by atoms with van der Waals surface area (Å²) in [6.45, 7) is 2.26. The first-order chi connectivity index (χ1) is 7.59. The number of hydrogen-bond donors (Lipinski definition) is 1. The van der Waals surface area contributed by atoms with Crippen molar-refractivity contribution < 1.29 is 9.90 Å². The summed E-state index contributed by atoms with van der Waals surface area (Å²) in [4.78, 5) is 11.7. The molecule has 4 atom stereocenters. The molecule has 3 rings (SSSR count). The lowest BCUT2D eigenvalue weighted by atomic mass is 9.60. The van der Waals surface area contributed by atoms with Crippen molar-refractivity contribution in [3.05, 3.63) is 0 Å². The van der Waals surface area contributed by atoms with Crippen molar-refractivity contribution in [1.82, 2.24) is 0 Å². The van der Waals surface area contributed by atoms with Crippen LogP contribution in [-0.2, 0) is 4.79 Å². The molecule has 0 radical (unpaired) electrons. The smallest absolute Gasteiger partial charge is 0.309 e. The highest BCUT2D eigenvalue weighted by molar-refractivity contribution is 5.75. The third-order valence-electron chi connectivity index (χ3n) is 5.86. The fourth-order valence-electron chi connectivity index (χ4n) is 5.12. The average molecular weight is 222 g/mol. The van der Waals surface area contributed by atoms with E-state index in [1.807, 2.05) is 0 Å². The van der Waals surface area contributed by atoms with E-state index in [1.165, 1.54) is 25.7 Å². The molecular formula is C14H22O2. The Bertz CT molecular complexity index is 325. The zero-order valence-corrected chi connectivity index (χ0v) is 10.2. The second-order valence-corrected chi connectivity index (χ2v) is 6.64. The number of aliphatic carboxylic acids is 1. The van der Waals surface area contributed by atoms with E-state index >= 15 is 0 Å². The van der Waals surface area contributed by atoms with Crippen LogP contribution in [0.3, 0.4) is 0 Å². The van der Waals surface area contributed by atoms with Gasteiger partial charge in [-0.15, -0.1) is 0 Å². The summed E-state index contributed by atoms with van der Waals surface area (Å²) in [6.07, 6.45) is 9.17. The van der Waals surface area contributed by atoms with E-state index in [9.17, 15) is 9.90 Å². The molecule has 4 unspecified atom stereocenters. The molecule has 0 aromatic carbocycles. The van der Waals surface area contributed by atoms with E-state index in [0.29, 0.717) is 5.41 Å². The van der Waals surface area contributed by atoms with Crippen LogP contribution in [0.2, 0.25) is 0 Å². The first kappa shape index (κ1) is 10.6. The Morgan fingerprint density at radius 3 is 2.75 bits per heavy atom. The number of carbonyl (C=O) groups is 1. The van der Waals surface area contributed by atoms with E-state index in [0.717, 1.165) is 37.5 Å². The maximum absolute atomic E-state index is 11.7. The molecule has 3 saturated carbocycles. The fraction of sp³-hybridized carbons (Fsp3) is 0.929. The largest absolute Gasteiger partial charge is 0.481 e. The van der Waals surface area contributed by atoms with E-state index in [-0.39, 0.29) is 5.41 Å².